The average molecular weight is 432 g/mol. The first-order chi connectivity index (χ1) is 15.6. The van der Waals surface area contributed by atoms with Crippen LogP contribution in [-0.4, -0.2) is 43.3 Å². The minimum Gasteiger partial charge on any atom is -0.507 e. The number of nitrogens with zero attached hydrogens (tertiary/aromatic N) is 2. The number of methoxy groups -OCH3 is 4. The van der Waals surface area contributed by atoms with Gasteiger partial charge >= 0.3 is 0 Å². The fourth-order valence-corrected chi connectivity index (χ4v) is 3.58. The van der Waals surface area contributed by atoms with E-state index < -0.39 is 0 Å². The molecule has 7 nitrogen and oxygen atoms in total. The fraction of sp³-hybridized carbons (Fsp3) is 0.160. The van der Waals surface area contributed by atoms with E-state index in [1.807, 2.05) is 59.3 Å². The zero-order valence-corrected chi connectivity index (χ0v) is 18.3. The SMILES string of the molecule is COc1cc(O)c(-c2cc(-c3ccc(OC)c(OC)c3)n(-c3ccccc3)n2)c(OC)c1. The standard InChI is InChI=1S/C25H24N2O5/c1-29-18-13-21(28)25(24(14-18)32-4)19-15-20(27(26-19)17-8-6-5-7-9-17)16-10-11-22(30-2)23(12-16)31-3/h5-15,28H,1-4H3. The van der Waals surface area contributed by atoms with Crippen LogP contribution in [0.3, 0.4) is 0 Å². The van der Waals surface area contributed by atoms with Gasteiger partial charge in [-0.15, -0.1) is 0 Å². The molecule has 4 aromatic rings. The summed E-state index contributed by atoms with van der Waals surface area (Å²) in [6.07, 6.45) is 0. The number of hydrogen-bond acceptors (Lipinski definition) is 6. The van der Waals surface area contributed by atoms with Crippen LogP contribution < -0.4 is 18.9 Å². The maximum atomic E-state index is 10.7. The van der Waals surface area contributed by atoms with Crippen LogP contribution in [0.25, 0.3) is 28.2 Å². The molecule has 0 amide bonds. The zero-order chi connectivity index (χ0) is 22.7. The van der Waals surface area contributed by atoms with Gasteiger partial charge in [0.2, 0.25) is 0 Å². The fourth-order valence-electron chi connectivity index (χ4n) is 3.58. The lowest BCUT2D eigenvalue weighted by molar-refractivity contribution is 0.355. The summed E-state index contributed by atoms with van der Waals surface area (Å²) >= 11 is 0. The van der Waals surface area contributed by atoms with Crippen LogP contribution in [0.15, 0.2) is 66.7 Å². The first-order valence-corrected chi connectivity index (χ1v) is 9.92. The van der Waals surface area contributed by atoms with Crippen molar-refractivity contribution in [3.05, 3.63) is 66.7 Å². The Balaban J connectivity index is 1.95. The predicted octanol–water partition coefficient (Wildman–Crippen LogP) is 4.95. The van der Waals surface area contributed by atoms with Crippen LogP contribution in [0, 0.1) is 0 Å². The number of ether oxygens (including phenoxy) is 4. The van der Waals surface area contributed by atoms with E-state index in [-0.39, 0.29) is 5.75 Å². The Morgan fingerprint density at radius 1 is 0.719 bits per heavy atom. The third-order valence-corrected chi connectivity index (χ3v) is 5.16. The molecule has 1 N–H and O–H groups in total. The number of phenols is 1. The normalized spacial score (nSPS) is 10.6. The molecule has 0 aliphatic carbocycles. The molecule has 0 aliphatic heterocycles. The van der Waals surface area contributed by atoms with Gasteiger partial charge in [0.05, 0.1) is 45.4 Å². The van der Waals surface area contributed by atoms with Crippen LogP contribution in [0.5, 0.6) is 28.7 Å². The van der Waals surface area contributed by atoms with Crippen LogP contribution in [0.1, 0.15) is 0 Å². The predicted molar refractivity (Wildman–Crippen MR) is 122 cm³/mol. The highest BCUT2D eigenvalue weighted by molar-refractivity contribution is 5.79. The van der Waals surface area contributed by atoms with E-state index >= 15 is 0 Å². The molecule has 164 valence electrons. The monoisotopic (exact) mass is 432 g/mol. The Kier molecular flexibility index (Phi) is 5.89. The summed E-state index contributed by atoms with van der Waals surface area (Å²) in [7, 11) is 6.28. The van der Waals surface area contributed by atoms with Crippen molar-refractivity contribution < 1.29 is 24.1 Å². The number of phenolic OH excluding ortho intramolecular Hbond substituents is 1. The summed E-state index contributed by atoms with van der Waals surface area (Å²) in [6, 6.07) is 20.6. The van der Waals surface area contributed by atoms with Crippen molar-refractivity contribution in [1.82, 2.24) is 9.78 Å². The molecule has 0 unspecified atom stereocenters. The van der Waals surface area contributed by atoms with Gasteiger partial charge in [-0.05, 0) is 36.4 Å². The minimum atomic E-state index is 0.0118. The van der Waals surface area contributed by atoms with E-state index in [0.717, 1.165) is 16.9 Å². The molecule has 0 fully saturated rings. The lowest BCUT2D eigenvalue weighted by atomic mass is 10.1. The average Bonchev–Trinajstić information content (AvgIpc) is 3.28. The Morgan fingerprint density at radius 3 is 2.09 bits per heavy atom. The second kappa shape index (κ2) is 8.93. The van der Waals surface area contributed by atoms with Gasteiger partial charge in [0.25, 0.3) is 0 Å². The van der Waals surface area contributed by atoms with Crippen LogP contribution in [-0.2, 0) is 0 Å². The summed E-state index contributed by atoms with van der Waals surface area (Å²) in [4.78, 5) is 0. The topological polar surface area (TPSA) is 75.0 Å². The lowest BCUT2D eigenvalue weighted by Gasteiger charge is -2.11. The molecule has 0 spiro atoms. The highest BCUT2D eigenvalue weighted by Gasteiger charge is 2.21. The Morgan fingerprint density at radius 2 is 1.44 bits per heavy atom. The van der Waals surface area contributed by atoms with Gasteiger partial charge in [-0.1, -0.05) is 18.2 Å². The van der Waals surface area contributed by atoms with Crippen LogP contribution in [0.4, 0.5) is 0 Å². The van der Waals surface area contributed by atoms with Gasteiger partial charge in [0.1, 0.15) is 22.9 Å². The van der Waals surface area contributed by atoms with Crippen molar-refractivity contribution in [2.45, 2.75) is 0 Å². The Hall–Kier alpha value is -4.13. The molecule has 7 heteroatoms. The number of benzene rings is 3. The summed E-state index contributed by atoms with van der Waals surface area (Å²) in [5.74, 6) is 2.20. The molecule has 1 heterocycles. The number of para-hydroxylation sites is 1. The third-order valence-electron chi connectivity index (χ3n) is 5.16. The summed E-state index contributed by atoms with van der Waals surface area (Å²) < 4.78 is 23.5. The van der Waals surface area contributed by atoms with Crippen molar-refractivity contribution in [2.75, 3.05) is 28.4 Å². The number of aromatic hydroxyl groups is 1. The van der Waals surface area contributed by atoms with Gasteiger partial charge in [0.15, 0.2) is 11.5 Å². The molecule has 0 bridgehead atoms. The molecular weight excluding hydrogens is 408 g/mol. The molecule has 1 aromatic heterocycles. The van der Waals surface area contributed by atoms with Crippen molar-refractivity contribution >= 4 is 0 Å². The summed E-state index contributed by atoms with van der Waals surface area (Å²) in [6.45, 7) is 0. The van der Waals surface area contributed by atoms with E-state index in [9.17, 15) is 5.11 Å². The molecule has 3 aromatic carbocycles. The van der Waals surface area contributed by atoms with Crippen molar-refractivity contribution in [3.63, 3.8) is 0 Å². The molecule has 32 heavy (non-hydrogen) atoms. The van der Waals surface area contributed by atoms with E-state index in [1.54, 1.807) is 27.4 Å². The lowest BCUT2D eigenvalue weighted by Crippen LogP contribution is -2.00. The number of aromatic nitrogens is 2. The molecule has 0 saturated heterocycles. The van der Waals surface area contributed by atoms with Gasteiger partial charge in [-0.3, -0.25) is 0 Å². The van der Waals surface area contributed by atoms with Crippen LogP contribution >= 0.6 is 0 Å². The Bertz CT molecular complexity index is 1230. The number of rotatable bonds is 7. The minimum absolute atomic E-state index is 0.0118. The van der Waals surface area contributed by atoms with E-state index in [0.29, 0.717) is 34.3 Å². The zero-order valence-electron chi connectivity index (χ0n) is 18.3. The largest absolute Gasteiger partial charge is 0.507 e. The quantitative estimate of drug-likeness (QED) is 0.446. The first-order valence-electron chi connectivity index (χ1n) is 9.92. The molecule has 0 saturated carbocycles. The second-order valence-electron chi connectivity index (χ2n) is 6.96. The smallest absolute Gasteiger partial charge is 0.161 e. The van der Waals surface area contributed by atoms with E-state index in [2.05, 4.69) is 0 Å². The first kappa shape index (κ1) is 21.1. The number of hydrogen-bond donors (Lipinski definition) is 1. The van der Waals surface area contributed by atoms with Gasteiger partial charge in [0, 0.05) is 17.7 Å². The highest BCUT2D eigenvalue weighted by Crippen LogP contribution is 2.42. The molecule has 0 atom stereocenters. The third kappa shape index (κ3) is 3.80. The highest BCUT2D eigenvalue weighted by atomic mass is 16.5. The van der Waals surface area contributed by atoms with Crippen LogP contribution in [0.2, 0.25) is 0 Å². The molecule has 0 aliphatic rings. The van der Waals surface area contributed by atoms with Crippen molar-refractivity contribution in [1.29, 1.82) is 0 Å². The molecule has 0 radical (unpaired) electrons. The van der Waals surface area contributed by atoms with E-state index in [1.165, 1.54) is 13.2 Å². The maximum Gasteiger partial charge on any atom is 0.161 e. The maximum absolute atomic E-state index is 10.7. The van der Waals surface area contributed by atoms with Gasteiger partial charge < -0.3 is 24.1 Å². The van der Waals surface area contributed by atoms with Gasteiger partial charge in [-0.25, -0.2) is 4.68 Å². The van der Waals surface area contributed by atoms with Gasteiger partial charge in [-0.2, -0.15) is 5.10 Å². The van der Waals surface area contributed by atoms with Crippen molar-refractivity contribution in [3.8, 4) is 56.9 Å². The molecular formula is C25H24N2O5. The second-order valence-corrected chi connectivity index (χ2v) is 6.96. The van der Waals surface area contributed by atoms with E-state index in [4.69, 9.17) is 24.0 Å². The molecule has 4 rings (SSSR count). The summed E-state index contributed by atoms with van der Waals surface area (Å²) in [5, 5.41) is 15.5. The summed E-state index contributed by atoms with van der Waals surface area (Å²) in [5.41, 5.74) is 3.58. The Labute approximate surface area is 186 Å². The van der Waals surface area contributed by atoms with Crippen molar-refractivity contribution in [2.24, 2.45) is 0 Å².